The van der Waals surface area contributed by atoms with E-state index in [-0.39, 0.29) is 0 Å². The van der Waals surface area contributed by atoms with Gasteiger partial charge in [-0.15, -0.1) is 0 Å². The fourth-order valence-corrected chi connectivity index (χ4v) is 2.29. The van der Waals surface area contributed by atoms with Gasteiger partial charge in [0, 0.05) is 24.5 Å². The number of hydrogen-bond acceptors (Lipinski definition) is 3. The number of unbranched alkanes of at least 4 members (excludes halogenated alkanes) is 1. The summed E-state index contributed by atoms with van der Waals surface area (Å²) in [6, 6.07) is 2.39. The molecule has 2 N–H and O–H groups in total. The van der Waals surface area contributed by atoms with E-state index in [1.165, 1.54) is 0 Å². The van der Waals surface area contributed by atoms with Gasteiger partial charge >= 0.3 is 5.97 Å². The molecule has 1 unspecified atom stereocenters. The second kappa shape index (κ2) is 5.74. The molecule has 0 amide bonds. The van der Waals surface area contributed by atoms with Gasteiger partial charge in [-0.05, 0) is 52.0 Å². The molecule has 1 aromatic heterocycles. The molecule has 5 nitrogen and oxygen atoms in total. The van der Waals surface area contributed by atoms with Crippen molar-refractivity contribution in [2.24, 2.45) is 0 Å². The number of carboxylic acids is 1. The molecule has 5 heteroatoms. The fourth-order valence-electron chi connectivity index (χ4n) is 2.29. The van der Waals surface area contributed by atoms with Crippen LogP contribution < -0.4 is 5.32 Å². The first-order valence-corrected chi connectivity index (χ1v) is 7.01. The Hall–Kier alpha value is -1.36. The molecular formula is C14H23N3O2. The molecule has 1 aliphatic rings. The van der Waals surface area contributed by atoms with Crippen molar-refractivity contribution >= 4 is 5.97 Å². The highest BCUT2D eigenvalue weighted by molar-refractivity contribution is 5.78. The zero-order valence-electron chi connectivity index (χ0n) is 11.7. The van der Waals surface area contributed by atoms with Gasteiger partial charge in [-0.25, -0.2) is 0 Å². The van der Waals surface area contributed by atoms with Gasteiger partial charge in [0.05, 0.1) is 0 Å². The number of carboxylic acid groups (broad SMARTS) is 1. The van der Waals surface area contributed by atoms with Crippen LogP contribution in [0.5, 0.6) is 0 Å². The summed E-state index contributed by atoms with van der Waals surface area (Å²) >= 11 is 0. The number of nitrogens with zero attached hydrogens (tertiary/aromatic N) is 2. The highest BCUT2D eigenvalue weighted by atomic mass is 16.4. The minimum absolute atomic E-state index is 0.412. The van der Waals surface area contributed by atoms with Crippen LogP contribution in [-0.4, -0.2) is 32.4 Å². The number of aromatic nitrogens is 2. The van der Waals surface area contributed by atoms with Gasteiger partial charge in [0.2, 0.25) is 0 Å². The quantitative estimate of drug-likeness (QED) is 0.705. The standard InChI is InChI=1S/C14H23N3O2/c1-11-7-9-15-17(11)10-4-3-8-14(2,13(18)19)16-12-5-6-12/h7,9,12,16H,3-6,8,10H2,1-2H3,(H,18,19). The van der Waals surface area contributed by atoms with E-state index in [2.05, 4.69) is 10.4 Å². The van der Waals surface area contributed by atoms with Gasteiger partial charge in [0.25, 0.3) is 0 Å². The summed E-state index contributed by atoms with van der Waals surface area (Å²) in [6.45, 7) is 4.69. The lowest BCUT2D eigenvalue weighted by Gasteiger charge is -2.26. The summed E-state index contributed by atoms with van der Waals surface area (Å²) in [5, 5.41) is 16.8. The number of aliphatic carboxylic acids is 1. The third kappa shape index (κ3) is 3.80. The van der Waals surface area contributed by atoms with Crippen LogP contribution in [0, 0.1) is 6.92 Å². The summed E-state index contributed by atoms with van der Waals surface area (Å²) in [5.74, 6) is -0.741. The fraction of sp³-hybridized carbons (Fsp3) is 0.714. The molecule has 1 aromatic rings. The number of aryl methyl sites for hydroxylation is 2. The maximum atomic E-state index is 11.4. The first kappa shape index (κ1) is 14.1. The molecule has 0 radical (unpaired) electrons. The molecular weight excluding hydrogens is 242 g/mol. The predicted octanol–water partition coefficient (Wildman–Crippen LogP) is 1.96. The SMILES string of the molecule is Cc1ccnn1CCCCC(C)(NC1CC1)C(=O)O. The van der Waals surface area contributed by atoms with Crippen molar-refractivity contribution in [3.05, 3.63) is 18.0 Å². The van der Waals surface area contributed by atoms with Crippen molar-refractivity contribution in [3.63, 3.8) is 0 Å². The van der Waals surface area contributed by atoms with E-state index in [1.807, 2.05) is 17.7 Å². The van der Waals surface area contributed by atoms with Crippen molar-refractivity contribution in [2.45, 2.75) is 64.1 Å². The van der Waals surface area contributed by atoms with Crippen LogP contribution in [0.25, 0.3) is 0 Å². The van der Waals surface area contributed by atoms with Crippen molar-refractivity contribution in [2.75, 3.05) is 0 Å². The Morgan fingerprint density at radius 1 is 1.58 bits per heavy atom. The van der Waals surface area contributed by atoms with E-state index in [4.69, 9.17) is 0 Å². The lowest BCUT2D eigenvalue weighted by Crippen LogP contribution is -2.50. The minimum atomic E-state index is -0.777. The maximum Gasteiger partial charge on any atom is 0.323 e. The number of hydrogen-bond donors (Lipinski definition) is 2. The molecule has 0 spiro atoms. The first-order valence-electron chi connectivity index (χ1n) is 7.01. The predicted molar refractivity (Wildman–Crippen MR) is 73.0 cm³/mol. The van der Waals surface area contributed by atoms with E-state index in [1.54, 1.807) is 13.1 Å². The topological polar surface area (TPSA) is 67.2 Å². The van der Waals surface area contributed by atoms with Gasteiger partial charge in [0.1, 0.15) is 5.54 Å². The van der Waals surface area contributed by atoms with Gasteiger partial charge < -0.3 is 5.11 Å². The van der Waals surface area contributed by atoms with E-state index in [0.29, 0.717) is 12.5 Å². The second-order valence-corrected chi connectivity index (χ2v) is 5.71. The monoisotopic (exact) mass is 265 g/mol. The Morgan fingerprint density at radius 3 is 2.84 bits per heavy atom. The summed E-state index contributed by atoms with van der Waals surface area (Å²) in [7, 11) is 0. The van der Waals surface area contributed by atoms with Gasteiger partial charge in [-0.2, -0.15) is 5.10 Å². The van der Waals surface area contributed by atoms with Crippen molar-refractivity contribution in [1.29, 1.82) is 0 Å². The van der Waals surface area contributed by atoms with Gasteiger partial charge in [0.15, 0.2) is 0 Å². The molecule has 106 valence electrons. The Balaban J connectivity index is 1.76. The average Bonchev–Trinajstić information content (AvgIpc) is 3.06. The minimum Gasteiger partial charge on any atom is -0.480 e. The van der Waals surface area contributed by atoms with E-state index >= 15 is 0 Å². The van der Waals surface area contributed by atoms with Crippen LogP contribution in [0.2, 0.25) is 0 Å². The summed E-state index contributed by atoms with van der Waals surface area (Å²) in [6.07, 6.45) is 6.52. The first-order chi connectivity index (χ1) is 9.01. The maximum absolute atomic E-state index is 11.4. The Labute approximate surface area is 114 Å². The van der Waals surface area contributed by atoms with Crippen LogP contribution in [0.4, 0.5) is 0 Å². The smallest absolute Gasteiger partial charge is 0.323 e. The van der Waals surface area contributed by atoms with Gasteiger partial charge in [-0.3, -0.25) is 14.8 Å². The van der Waals surface area contributed by atoms with Crippen molar-refractivity contribution in [1.82, 2.24) is 15.1 Å². The molecule has 0 aromatic carbocycles. The zero-order chi connectivity index (χ0) is 13.9. The second-order valence-electron chi connectivity index (χ2n) is 5.71. The Kier molecular flexibility index (Phi) is 4.24. The Bertz CT molecular complexity index is 440. The van der Waals surface area contributed by atoms with E-state index in [0.717, 1.165) is 37.9 Å². The highest BCUT2D eigenvalue weighted by Gasteiger charge is 2.37. The molecule has 2 rings (SSSR count). The molecule has 1 saturated carbocycles. The van der Waals surface area contributed by atoms with Crippen LogP contribution in [0.1, 0.15) is 44.7 Å². The van der Waals surface area contributed by atoms with Crippen LogP contribution in [0.15, 0.2) is 12.3 Å². The molecule has 1 aliphatic carbocycles. The summed E-state index contributed by atoms with van der Waals surface area (Å²) < 4.78 is 1.96. The largest absolute Gasteiger partial charge is 0.480 e. The normalized spacial score (nSPS) is 18.2. The van der Waals surface area contributed by atoms with E-state index in [9.17, 15) is 9.90 Å². The molecule has 0 saturated heterocycles. The molecule has 0 bridgehead atoms. The van der Waals surface area contributed by atoms with Crippen molar-refractivity contribution < 1.29 is 9.90 Å². The molecule has 1 fully saturated rings. The molecule has 1 heterocycles. The summed E-state index contributed by atoms with van der Waals surface area (Å²) in [4.78, 5) is 11.4. The Morgan fingerprint density at radius 2 is 2.32 bits per heavy atom. The lowest BCUT2D eigenvalue weighted by molar-refractivity contribution is -0.144. The molecule has 1 atom stereocenters. The average molecular weight is 265 g/mol. The third-order valence-corrected chi connectivity index (χ3v) is 3.80. The number of carbonyl (C=O) groups is 1. The highest BCUT2D eigenvalue weighted by Crippen LogP contribution is 2.25. The lowest BCUT2D eigenvalue weighted by atomic mass is 9.94. The number of rotatable bonds is 8. The molecule has 19 heavy (non-hydrogen) atoms. The van der Waals surface area contributed by atoms with Crippen LogP contribution in [0.3, 0.4) is 0 Å². The zero-order valence-corrected chi connectivity index (χ0v) is 11.7. The molecule has 0 aliphatic heterocycles. The third-order valence-electron chi connectivity index (χ3n) is 3.80. The van der Waals surface area contributed by atoms with Gasteiger partial charge in [-0.1, -0.05) is 0 Å². The summed E-state index contributed by atoms with van der Waals surface area (Å²) in [5.41, 5.74) is 0.373. The van der Waals surface area contributed by atoms with E-state index < -0.39 is 11.5 Å². The van der Waals surface area contributed by atoms with Crippen LogP contribution >= 0.6 is 0 Å². The van der Waals surface area contributed by atoms with Crippen molar-refractivity contribution in [3.8, 4) is 0 Å². The number of nitrogens with one attached hydrogen (secondary N) is 1. The van der Waals surface area contributed by atoms with Crippen LogP contribution in [-0.2, 0) is 11.3 Å².